The van der Waals surface area contributed by atoms with Crippen molar-refractivity contribution < 1.29 is 29.2 Å². The van der Waals surface area contributed by atoms with Crippen molar-refractivity contribution in [1.29, 1.82) is 0 Å². The molecule has 1 aromatic carbocycles. The molecule has 2 saturated heterocycles. The van der Waals surface area contributed by atoms with Crippen LogP contribution in [0.5, 0.6) is 0 Å². The summed E-state index contributed by atoms with van der Waals surface area (Å²) < 4.78 is 19.5. The lowest BCUT2D eigenvalue weighted by atomic mass is 10.1. The predicted octanol–water partition coefficient (Wildman–Crippen LogP) is 2.20. The highest BCUT2D eigenvalue weighted by atomic mass is 32.2. The number of non-ortho nitro benzene ring substituents is 1. The standard InChI is InChI=1S/C19H18N6O8S/c1-19(2)32-14-11(6-26)31-18(15(14)33-19)23-8-22-13-16(23)20-7-21-17(13)34-12-4-3-9(24(27)28)5-10(12)25(29)30/h3-5,7-8,11,14-15,18,26H,6H2,1-2H3/t11-,14?,15?,18+/m1/s1. The first kappa shape index (κ1) is 22.5. The van der Waals surface area contributed by atoms with Crippen molar-refractivity contribution >= 4 is 34.3 Å². The second kappa shape index (κ2) is 8.21. The molecule has 14 nitrogen and oxygen atoms in total. The number of rotatable bonds is 6. The molecule has 4 heterocycles. The third-order valence-corrected chi connectivity index (χ3v) is 6.52. The van der Waals surface area contributed by atoms with Crippen molar-refractivity contribution in [2.45, 2.75) is 54.1 Å². The van der Waals surface area contributed by atoms with Gasteiger partial charge in [0.25, 0.3) is 11.4 Å². The maximum atomic E-state index is 11.5. The summed E-state index contributed by atoms with van der Waals surface area (Å²) in [7, 11) is 0. The van der Waals surface area contributed by atoms with Crippen LogP contribution in [0.1, 0.15) is 20.1 Å². The first-order valence-electron chi connectivity index (χ1n) is 10.1. The van der Waals surface area contributed by atoms with E-state index in [1.54, 1.807) is 18.4 Å². The monoisotopic (exact) mass is 490 g/mol. The third kappa shape index (κ3) is 3.76. The summed E-state index contributed by atoms with van der Waals surface area (Å²) in [6.45, 7) is 3.29. The number of ether oxygens (including phenoxy) is 3. The van der Waals surface area contributed by atoms with Gasteiger partial charge in [0.05, 0.1) is 33.7 Å². The molecule has 2 aliphatic rings. The van der Waals surface area contributed by atoms with Crippen LogP contribution < -0.4 is 0 Å². The Balaban J connectivity index is 1.51. The van der Waals surface area contributed by atoms with Crippen LogP contribution in [0.2, 0.25) is 0 Å². The van der Waals surface area contributed by atoms with Gasteiger partial charge in [0.15, 0.2) is 17.7 Å². The first-order valence-corrected chi connectivity index (χ1v) is 10.9. The van der Waals surface area contributed by atoms with Crippen molar-refractivity contribution in [3.8, 4) is 0 Å². The number of hydrogen-bond acceptors (Lipinski definition) is 12. The van der Waals surface area contributed by atoms with Crippen molar-refractivity contribution in [3.05, 3.63) is 51.1 Å². The highest BCUT2D eigenvalue weighted by molar-refractivity contribution is 7.99. The van der Waals surface area contributed by atoms with E-state index in [4.69, 9.17) is 14.2 Å². The zero-order chi connectivity index (χ0) is 24.2. The molecule has 0 aliphatic carbocycles. The van der Waals surface area contributed by atoms with Crippen LogP contribution in [0, 0.1) is 20.2 Å². The van der Waals surface area contributed by atoms with Crippen LogP contribution in [-0.4, -0.2) is 65.2 Å². The summed E-state index contributed by atoms with van der Waals surface area (Å²) in [5, 5.41) is 32.6. The fourth-order valence-electron chi connectivity index (χ4n) is 4.07. The predicted molar refractivity (Wildman–Crippen MR) is 114 cm³/mol. The molecular weight excluding hydrogens is 472 g/mol. The van der Waals surface area contributed by atoms with Gasteiger partial charge in [-0.25, -0.2) is 15.0 Å². The number of benzene rings is 1. The van der Waals surface area contributed by atoms with Crippen LogP contribution in [0.25, 0.3) is 11.2 Å². The lowest BCUT2D eigenvalue weighted by Gasteiger charge is -2.24. The lowest BCUT2D eigenvalue weighted by molar-refractivity contribution is -0.396. The van der Waals surface area contributed by atoms with Gasteiger partial charge in [0.2, 0.25) is 0 Å². The van der Waals surface area contributed by atoms with Crippen LogP contribution in [0.15, 0.2) is 40.8 Å². The smallest absolute Gasteiger partial charge is 0.290 e. The van der Waals surface area contributed by atoms with Gasteiger partial charge in [-0.05, 0) is 19.9 Å². The molecule has 15 heteroatoms. The topological polar surface area (TPSA) is 178 Å². The maximum absolute atomic E-state index is 11.5. The van der Waals surface area contributed by atoms with Gasteiger partial charge >= 0.3 is 0 Å². The van der Waals surface area contributed by atoms with E-state index >= 15 is 0 Å². The number of fused-ring (bicyclic) bond motifs is 2. The molecule has 2 aliphatic heterocycles. The van der Waals surface area contributed by atoms with E-state index in [-0.39, 0.29) is 17.2 Å². The number of hydrogen-bond donors (Lipinski definition) is 1. The number of nitrogens with zero attached hydrogens (tertiary/aromatic N) is 6. The molecule has 1 N–H and O–H groups in total. The maximum Gasteiger partial charge on any atom is 0.290 e. The molecule has 178 valence electrons. The quantitative estimate of drug-likeness (QED) is 0.303. The molecule has 0 saturated carbocycles. The van der Waals surface area contributed by atoms with Gasteiger partial charge in [-0.3, -0.25) is 24.8 Å². The van der Waals surface area contributed by atoms with Crippen molar-refractivity contribution in [1.82, 2.24) is 19.5 Å². The average molecular weight is 490 g/mol. The molecule has 0 radical (unpaired) electrons. The fourth-order valence-corrected chi connectivity index (χ4v) is 5.00. The molecule has 5 rings (SSSR count). The van der Waals surface area contributed by atoms with Crippen LogP contribution in [-0.2, 0) is 14.2 Å². The number of nitro benzene ring substituents is 2. The Morgan fingerprint density at radius 3 is 2.62 bits per heavy atom. The van der Waals surface area contributed by atoms with Gasteiger partial charge in [0.1, 0.15) is 35.2 Å². The van der Waals surface area contributed by atoms with Crippen molar-refractivity contribution in [2.24, 2.45) is 0 Å². The minimum Gasteiger partial charge on any atom is -0.394 e. The second-order valence-electron chi connectivity index (χ2n) is 8.08. The largest absolute Gasteiger partial charge is 0.394 e. The van der Waals surface area contributed by atoms with E-state index in [2.05, 4.69) is 15.0 Å². The lowest BCUT2D eigenvalue weighted by Crippen LogP contribution is -2.31. The molecule has 2 fully saturated rings. The fraction of sp³-hybridized carbons (Fsp3) is 0.421. The Kier molecular flexibility index (Phi) is 5.44. The van der Waals surface area contributed by atoms with Gasteiger partial charge < -0.3 is 19.3 Å². The van der Waals surface area contributed by atoms with Gasteiger partial charge in [-0.2, -0.15) is 0 Å². The normalized spacial score (nSPS) is 25.5. The number of aliphatic hydroxyl groups is 1. The summed E-state index contributed by atoms with van der Waals surface area (Å²) in [4.78, 5) is 34.2. The number of nitro groups is 2. The Labute approximate surface area is 195 Å². The van der Waals surface area contributed by atoms with Crippen LogP contribution >= 0.6 is 11.8 Å². The minimum atomic E-state index is -0.855. The molecular formula is C19H18N6O8S. The van der Waals surface area contributed by atoms with E-state index in [0.717, 1.165) is 17.8 Å². The van der Waals surface area contributed by atoms with Crippen LogP contribution in [0.3, 0.4) is 0 Å². The van der Waals surface area contributed by atoms with E-state index in [0.29, 0.717) is 16.2 Å². The Bertz CT molecular complexity index is 1300. The Hall–Kier alpha value is -3.24. The van der Waals surface area contributed by atoms with Gasteiger partial charge in [-0.15, -0.1) is 0 Å². The Morgan fingerprint density at radius 1 is 1.15 bits per heavy atom. The second-order valence-corrected chi connectivity index (χ2v) is 9.11. The summed E-state index contributed by atoms with van der Waals surface area (Å²) >= 11 is 0.945. The Morgan fingerprint density at radius 2 is 1.91 bits per heavy atom. The van der Waals surface area contributed by atoms with E-state index in [9.17, 15) is 25.3 Å². The summed E-state index contributed by atoms with van der Waals surface area (Å²) in [6, 6.07) is 3.39. The number of imidazole rings is 1. The molecule has 0 bridgehead atoms. The highest BCUT2D eigenvalue weighted by Crippen LogP contribution is 2.44. The molecule has 4 atom stereocenters. The van der Waals surface area contributed by atoms with Gasteiger partial charge in [-0.1, -0.05) is 11.8 Å². The first-order chi connectivity index (χ1) is 16.2. The van der Waals surface area contributed by atoms with Crippen molar-refractivity contribution in [3.63, 3.8) is 0 Å². The zero-order valence-electron chi connectivity index (χ0n) is 17.8. The molecule has 2 unspecified atom stereocenters. The zero-order valence-corrected chi connectivity index (χ0v) is 18.6. The molecule has 3 aromatic rings. The average Bonchev–Trinajstić information content (AvgIpc) is 3.44. The molecule has 34 heavy (non-hydrogen) atoms. The van der Waals surface area contributed by atoms with E-state index < -0.39 is 45.9 Å². The number of aromatic nitrogens is 4. The van der Waals surface area contributed by atoms with Gasteiger partial charge in [0, 0.05) is 6.07 Å². The van der Waals surface area contributed by atoms with Crippen LogP contribution in [0.4, 0.5) is 11.4 Å². The SMILES string of the molecule is CC1(C)OC2C(O1)[C@@H](n1cnc3c(Sc4ccc([N+](=O)[O-])cc4[N+](=O)[O-])ncnc31)O[C@@H]2CO. The number of aliphatic hydroxyl groups excluding tert-OH is 1. The highest BCUT2D eigenvalue weighted by Gasteiger charge is 2.56. The summed E-state index contributed by atoms with van der Waals surface area (Å²) in [5.74, 6) is -0.855. The van der Waals surface area contributed by atoms with E-state index in [1.165, 1.54) is 24.8 Å². The van der Waals surface area contributed by atoms with E-state index in [1.807, 2.05) is 0 Å². The molecule has 2 aromatic heterocycles. The third-order valence-electron chi connectivity index (χ3n) is 5.46. The summed E-state index contributed by atoms with van der Waals surface area (Å²) in [5.41, 5.74) is -0.0678. The van der Waals surface area contributed by atoms with Crippen molar-refractivity contribution in [2.75, 3.05) is 6.61 Å². The summed E-state index contributed by atoms with van der Waals surface area (Å²) in [6.07, 6.45) is 0.478. The molecule has 0 amide bonds. The minimum absolute atomic E-state index is 0.164. The molecule has 0 spiro atoms.